The molecule has 2 aromatic rings. The number of nitrogen functional groups attached to an aromatic ring is 1. The number of hydrogen-bond donors (Lipinski definition) is 2. The maximum atomic E-state index is 13.2. The summed E-state index contributed by atoms with van der Waals surface area (Å²) in [6.07, 6.45) is 1.04. The summed E-state index contributed by atoms with van der Waals surface area (Å²) in [6.45, 7) is 0. The Labute approximate surface area is 121 Å². The molecule has 1 amide bonds. The first kappa shape index (κ1) is 15.0. The summed E-state index contributed by atoms with van der Waals surface area (Å²) in [4.78, 5) is 12.1. The number of nitrogens with two attached hydrogens (primary N) is 1. The molecule has 2 rings (SSSR count). The summed E-state index contributed by atoms with van der Waals surface area (Å²) in [5.74, 6) is -1.28. The van der Waals surface area contributed by atoms with E-state index in [4.69, 9.17) is 5.73 Å². The molecule has 110 valence electrons. The third-order valence-corrected chi connectivity index (χ3v) is 3.95. The summed E-state index contributed by atoms with van der Waals surface area (Å²) in [5, 5.41) is 2.44. The fourth-order valence-electron chi connectivity index (χ4n) is 1.81. The molecule has 5 nitrogen and oxygen atoms in total. The maximum absolute atomic E-state index is 13.2. The summed E-state index contributed by atoms with van der Waals surface area (Å²) < 4.78 is 36.5. The van der Waals surface area contributed by atoms with Crippen molar-refractivity contribution in [1.29, 1.82) is 0 Å². The average Bonchev–Trinajstić information content (AvgIpc) is 2.41. The van der Waals surface area contributed by atoms with Crippen molar-refractivity contribution in [2.24, 2.45) is 0 Å². The van der Waals surface area contributed by atoms with Crippen LogP contribution < -0.4 is 11.1 Å². The zero-order valence-corrected chi connectivity index (χ0v) is 11.9. The molecule has 0 unspecified atom stereocenters. The van der Waals surface area contributed by atoms with Crippen molar-refractivity contribution in [3.8, 4) is 0 Å². The van der Waals surface area contributed by atoms with E-state index in [2.05, 4.69) is 5.32 Å². The minimum absolute atomic E-state index is 0.0201. The number of hydrogen-bond acceptors (Lipinski definition) is 4. The molecule has 0 heterocycles. The van der Waals surface area contributed by atoms with Crippen molar-refractivity contribution < 1.29 is 17.6 Å². The van der Waals surface area contributed by atoms with Crippen molar-refractivity contribution in [3.05, 3.63) is 53.8 Å². The van der Waals surface area contributed by atoms with Crippen LogP contribution in [0, 0.1) is 5.82 Å². The van der Waals surface area contributed by atoms with Crippen molar-refractivity contribution in [2.75, 3.05) is 17.3 Å². The minimum Gasteiger partial charge on any atom is -0.398 e. The monoisotopic (exact) mass is 308 g/mol. The molecule has 0 bridgehead atoms. The molecular formula is C14H13FN2O3S. The summed E-state index contributed by atoms with van der Waals surface area (Å²) in [5.41, 5.74) is 5.79. The molecule has 7 heteroatoms. The van der Waals surface area contributed by atoms with Crippen molar-refractivity contribution >= 4 is 27.1 Å². The third kappa shape index (κ3) is 3.38. The Morgan fingerprint density at radius 1 is 1.19 bits per heavy atom. The molecule has 0 saturated heterocycles. The van der Waals surface area contributed by atoms with Gasteiger partial charge in [0, 0.05) is 11.9 Å². The number of anilines is 2. The first-order chi connectivity index (χ1) is 9.79. The van der Waals surface area contributed by atoms with Crippen molar-refractivity contribution in [1.82, 2.24) is 0 Å². The van der Waals surface area contributed by atoms with Crippen LogP contribution >= 0.6 is 0 Å². The predicted octanol–water partition coefficient (Wildman–Crippen LogP) is 2.06. The minimum atomic E-state index is -3.50. The normalized spacial score (nSPS) is 11.1. The lowest BCUT2D eigenvalue weighted by atomic mass is 10.1. The molecule has 0 aromatic heterocycles. The second-order valence-electron chi connectivity index (χ2n) is 4.45. The highest BCUT2D eigenvalue weighted by atomic mass is 32.2. The van der Waals surface area contributed by atoms with Crippen molar-refractivity contribution in [2.45, 2.75) is 4.90 Å². The van der Waals surface area contributed by atoms with E-state index in [0.29, 0.717) is 0 Å². The zero-order chi connectivity index (χ0) is 15.6. The molecule has 0 fully saturated rings. The number of carbonyl (C=O) groups is 1. The number of amides is 1. The van der Waals surface area contributed by atoms with Gasteiger partial charge in [0.1, 0.15) is 5.82 Å². The van der Waals surface area contributed by atoms with Crippen LogP contribution in [0.15, 0.2) is 47.4 Å². The first-order valence-corrected chi connectivity index (χ1v) is 7.83. The first-order valence-electron chi connectivity index (χ1n) is 5.94. The molecule has 0 aliphatic rings. The van der Waals surface area contributed by atoms with Gasteiger partial charge in [-0.25, -0.2) is 12.8 Å². The molecule has 0 aliphatic heterocycles. The van der Waals surface area contributed by atoms with Crippen LogP contribution in [0.3, 0.4) is 0 Å². The zero-order valence-electron chi connectivity index (χ0n) is 11.1. The lowest BCUT2D eigenvalue weighted by Gasteiger charge is -2.11. The Balaban J connectivity index is 2.39. The molecular weight excluding hydrogens is 295 g/mol. The SMILES string of the molecule is CS(=O)(=O)c1ccccc1NC(=O)c1cc(F)ccc1N. The van der Waals surface area contributed by atoms with Gasteiger partial charge < -0.3 is 11.1 Å². The van der Waals surface area contributed by atoms with Gasteiger partial charge in [-0.3, -0.25) is 4.79 Å². The highest BCUT2D eigenvalue weighted by Gasteiger charge is 2.17. The van der Waals surface area contributed by atoms with Crippen LogP contribution in [0.5, 0.6) is 0 Å². The average molecular weight is 308 g/mol. The number of carbonyl (C=O) groups excluding carboxylic acids is 1. The van der Waals surface area contributed by atoms with Gasteiger partial charge in [0.25, 0.3) is 5.91 Å². The van der Waals surface area contributed by atoms with Crippen molar-refractivity contribution in [3.63, 3.8) is 0 Å². The molecule has 0 spiro atoms. The topological polar surface area (TPSA) is 89.3 Å². The van der Waals surface area contributed by atoms with E-state index < -0.39 is 21.6 Å². The van der Waals surface area contributed by atoms with E-state index in [9.17, 15) is 17.6 Å². The molecule has 0 aliphatic carbocycles. The quantitative estimate of drug-likeness (QED) is 0.849. The standard InChI is InChI=1S/C14H13FN2O3S/c1-21(19,20)13-5-3-2-4-12(13)17-14(18)10-8-9(15)6-7-11(10)16/h2-8H,16H2,1H3,(H,17,18). The lowest BCUT2D eigenvalue weighted by molar-refractivity contribution is 0.102. The largest absolute Gasteiger partial charge is 0.398 e. The third-order valence-electron chi connectivity index (χ3n) is 2.79. The number of rotatable bonds is 3. The Morgan fingerprint density at radius 2 is 1.86 bits per heavy atom. The highest BCUT2D eigenvalue weighted by molar-refractivity contribution is 7.90. The van der Waals surface area contributed by atoms with E-state index >= 15 is 0 Å². The predicted molar refractivity (Wildman–Crippen MR) is 78.3 cm³/mol. The van der Waals surface area contributed by atoms with Gasteiger partial charge in [-0.15, -0.1) is 0 Å². The molecule has 21 heavy (non-hydrogen) atoms. The molecule has 2 aromatic carbocycles. The van der Waals surface area contributed by atoms with Gasteiger partial charge in [0.2, 0.25) is 0 Å². The molecule has 0 radical (unpaired) electrons. The van der Waals surface area contributed by atoms with Gasteiger partial charge in [0.05, 0.1) is 16.1 Å². The number of nitrogens with one attached hydrogen (secondary N) is 1. The van der Waals surface area contributed by atoms with Crippen LogP contribution in [0.4, 0.5) is 15.8 Å². The summed E-state index contributed by atoms with van der Waals surface area (Å²) in [7, 11) is -3.50. The smallest absolute Gasteiger partial charge is 0.257 e. The van der Waals surface area contributed by atoms with Gasteiger partial charge in [-0.2, -0.15) is 0 Å². The number of benzene rings is 2. The highest BCUT2D eigenvalue weighted by Crippen LogP contribution is 2.22. The second kappa shape index (κ2) is 5.53. The molecule has 0 saturated carbocycles. The van der Waals surface area contributed by atoms with Gasteiger partial charge in [0.15, 0.2) is 9.84 Å². The van der Waals surface area contributed by atoms with Gasteiger partial charge >= 0.3 is 0 Å². The van der Waals surface area contributed by atoms with E-state index in [1.165, 1.54) is 18.2 Å². The number of halogens is 1. The van der Waals surface area contributed by atoms with Crippen LogP contribution in [0.2, 0.25) is 0 Å². The van der Waals surface area contributed by atoms with Crippen LogP contribution in [0.25, 0.3) is 0 Å². The fraction of sp³-hybridized carbons (Fsp3) is 0.0714. The summed E-state index contributed by atoms with van der Waals surface area (Å²) >= 11 is 0. The Morgan fingerprint density at radius 3 is 2.52 bits per heavy atom. The fourth-order valence-corrected chi connectivity index (χ4v) is 2.65. The Kier molecular flexibility index (Phi) is 3.95. The van der Waals surface area contributed by atoms with Crippen LogP contribution in [0.1, 0.15) is 10.4 Å². The molecule has 3 N–H and O–H groups in total. The van der Waals surface area contributed by atoms with Crippen LogP contribution in [-0.4, -0.2) is 20.6 Å². The van der Waals surface area contributed by atoms with E-state index in [1.54, 1.807) is 12.1 Å². The van der Waals surface area contributed by atoms with E-state index in [0.717, 1.165) is 18.4 Å². The second-order valence-corrected chi connectivity index (χ2v) is 6.44. The van der Waals surface area contributed by atoms with Gasteiger partial charge in [-0.05, 0) is 30.3 Å². The Bertz CT molecular complexity index is 804. The number of para-hydroxylation sites is 1. The van der Waals surface area contributed by atoms with E-state index in [1.807, 2.05) is 0 Å². The van der Waals surface area contributed by atoms with Crippen LogP contribution in [-0.2, 0) is 9.84 Å². The van der Waals surface area contributed by atoms with Gasteiger partial charge in [-0.1, -0.05) is 12.1 Å². The van der Waals surface area contributed by atoms with E-state index in [-0.39, 0.29) is 21.8 Å². The maximum Gasteiger partial charge on any atom is 0.257 e. The Hall–Kier alpha value is -2.41. The number of sulfone groups is 1. The molecule has 0 atom stereocenters. The summed E-state index contributed by atoms with van der Waals surface area (Å²) in [6, 6.07) is 9.35. The lowest BCUT2D eigenvalue weighted by Crippen LogP contribution is -2.16.